The molecule has 0 aromatic heterocycles. The number of hydrogen-bond acceptors (Lipinski definition) is 6. The Bertz CT molecular complexity index is 365. The molecule has 1 N–H and O–H groups in total. The second kappa shape index (κ2) is 3.82. The van der Waals surface area contributed by atoms with Crippen LogP contribution in [0.1, 0.15) is 12.8 Å². The van der Waals surface area contributed by atoms with Crippen molar-refractivity contribution in [3.05, 3.63) is 12.2 Å². The number of carbonyl (C=O) groups is 2. The number of carbonyl (C=O) groups excluding carboxylic acids is 2. The van der Waals surface area contributed by atoms with Crippen LogP contribution in [0.15, 0.2) is 12.2 Å². The second-order valence-electron chi connectivity index (χ2n) is 4.53. The molecule has 3 fully saturated rings. The summed E-state index contributed by atoms with van der Waals surface area (Å²) in [6.07, 6.45) is 4.17. The summed E-state index contributed by atoms with van der Waals surface area (Å²) in [6, 6.07) is 0.416. The predicted molar refractivity (Wildman–Crippen MR) is 56.7 cm³/mol. The Hall–Kier alpha value is -1.40. The van der Waals surface area contributed by atoms with Gasteiger partial charge in [0.15, 0.2) is 0 Å². The lowest BCUT2D eigenvalue weighted by atomic mass is 10.1. The molecule has 4 aliphatic heterocycles. The van der Waals surface area contributed by atoms with E-state index in [1.54, 1.807) is 0 Å². The van der Waals surface area contributed by atoms with Gasteiger partial charge in [-0.15, -0.1) is 0 Å². The fraction of sp³-hybridized carbons (Fsp3) is 0.636. The molecular formula is C11H14N2O4. The van der Waals surface area contributed by atoms with E-state index in [0.29, 0.717) is 12.6 Å². The molecule has 4 rings (SSSR count). The lowest BCUT2D eigenvalue weighted by Crippen LogP contribution is -2.57. The first-order valence-electron chi connectivity index (χ1n) is 5.80. The summed E-state index contributed by atoms with van der Waals surface area (Å²) in [4.78, 5) is 24.9. The summed E-state index contributed by atoms with van der Waals surface area (Å²) in [5, 5.41) is 3.28. The Morgan fingerprint density at radius 2 is 1.76 bits per heavy atom. The highest BCUT2D eigenvalue weighted by atomic mass is 16.8. The number of hydrogen-bond donors (Lipinski definition) is 1. The van der Waals surface area contributed by atoms with Gasteiger partial charge in [-0.2, -0.15) is 0 Å². The molecule has 0 atom stereocenters. The quantitative estimate of drug-likeness (QED) is 0.566. The van der Waals surface area contributed by atoms with Crippen molar-refractivity contribution in [2.45, 2.75) is 24.8 Å². The summed E-state index contributed by atoms with van der Waals surface area (Å²) in [6.45, 7) is 1.85. The van der Waals surface area contributed by atoms with Gasteiger partial charge in [-0.3, -0.25) is 0 Å². The van der Waals surface area contributed by atoms with Crippen LogP contribution >= 0.6 is 0 Å². The first-order chi connectivity index (χ1) is 8.18. The average molecular weight is 238 g/mol. The molecule has 2 bridgehead atoms. The first kappa shape index (κ1) is 10.7. The molecule has 0 radical (unpaired) electrons. The Morgan fingerprint density at radius 1 is 1.18 bits per heavy atom. The van der Waals surface area contributed by atoms with Crippen molar-refractivity contribution in [1.29, 1.82) is 0 Å². The monoisotopic (exact) mass is 238 g/mol. The zero-order chi connectivity index (χ0) is 11.9. The van der Waals surface area contributed by atoms with E-state index in [4.69, 9.17) is 9.47 Å². The number of nitrogens with zero attached hydrogens (tertiary/aromatic N) is 1. The Morgan fingerprint density at radius 3 is 2.35 bits per heavy atom. The van der Waals surface area contributed by atoms with Crippen molar-refractivity contribution in [2.24, 2.45) is 0 Å². The minimum atomic E-state index is -1.26. The molecule has 6 heteroatoms. The third-order valence-corrected chi connectivity index (χ3v) is 3.47. The maximum atomic E-state index is 11.5. The predicted octanol–water partition coefficient (Wildman–Crippen LogP) is -0.636. The van der Waals surface area contributed by atoms with Crippen LogP contribution in [0, 0.1) is 0 Å². The van der Waals surface area contributed by atoms with Crippen LogP contribution in [0.2, 0.25) is 0 Å². The minimum absolute atomic E-state index is 0.330. The zero-order valence-electron chi connectivity index (χ0n) is 9.35. The molecule has 0 aromatic carbocycles. The second-order valence-corrected chi connectivity index (χ2v) is 4.53. The lowest BCUT2D eigenvalue weighted by molar-refractivity contribution is -0.275. The van der Waals surface area contributed by atoms with Gasteiger partial charge in [0.25, 0.3) is 0 Å². The van der Waals surface area contributed by atoms with Crippen LogP contribution in [0.4, 0.5) is 0 Å². The highest BCUT2D eigenvalue weighted by Crippen LogP contribution is 2.29. The topological polar surface area (TPSA) is 67.9 Å². The molecule has 92 valence electrons. The van der Waals surface area contributed by atoms with E-state index in [-0.39, 0.29) is 0 Å². The maximum Gasteiger partial charge on any atom is 0.335 e. The molecule has 4 heterocycles. The molecule has 3 saturated heterocycles. The highest BCUT2D eigenvalue weighted by molar-refractivity contribution is 5.93. The molecule has 4 aliphatic rings. The third kappa shape index (κ3) is 1.83. The van der Waals surface area contributed by atoms with Gasteiger partial charge in [0, 0.05) is 31.3 Å². The van der Waals surface area contributed by atoms with Crippen molar-refractivity contribution >= 4 is 11.9 Å². The molecule has 0 aliphatic carbocycles. The first-order valence-corrected chi connectivity index (χ1v) is 5.80. The van der Waals surface area contributed by atoms with E-state index in [0.717, 1.165) is 38.1 Å². The molecule has 0 unspecified atom stereocenters. The van der Waals surface area contributed by atoms with Crippen LogP contribution in [0.25, 0.3) is 0 Å². The van der Waals surface area contributed by atoms with E-state index in [1.807, 2.05) is 4.90 Å². The number of piperidine rings is 1. The van der Waals surface area contributed by atoms with Gasteiger partial charge >= 0.3 is 17.8 Å². The molecule has 0 saturated carbocycles. The summed E-state index contributed by atoms with van der Waals surface area (Å²) < 4.78 is 10.6. The molecule has 6 nitrogen and oxygen atoms in total. The molecule has 17 heavy (non-hydrogen) atoms. The van der Waals surface area contributed by atoms with Crippen LogP contribution in [0.5, 0.6) is 0 Å². The van der Waals surface area contributed by atoms with Crippen molar-refractivity contribution in [2.75, 3.05) is 19.6 Å². The summed E-state index contributed by atoms with van der Waals surface area (Å²) >= 11 is 0. The van der Waals surface area contributed by atoms with Gasteiger partial charge in [-0.05, 0) is 12.8 Å². The third-order valence-electron chi connectivity index (χ3n) is 3.47. The Kier molecular flexibility index (Phi) is 2.41. The van der Waals surface area contributed by atoms with Gasteiger partial charge in [0.2, 0.25) is 0 Å². The van der Waals surface area contributed by atoms with Crippen LogP contribution < -0.4 is 5.32 Å². The van der Waals surface area contributed by atoms with Gasteiger partial charge in [-0.1, -0.05) is 0 Å². The van der Waals surface area contributed by atoms with E-state index in [9.17, 15) is 9.59 Å². The largest absolute Gasteiger partial charge is 0.404 e. The van der Waals surface area contributed by atoms with E-state index in [1.165, 1.54) is 0 Å². The van der Waals surface area contributed by atoms with Gasteiger partial charge in [0.05, 0.1) is 6.54 Å². The van der Waals surface area contributed by atoms with Crippen molar-refractivity contribution < 1.29 is 19.1 Å². The number of nitrogens with one attached hydrogen (secondary N) is 1. The minimum Gasteiger partial charge on any atom is -0.404 e. The number of ether oxygens (including phenoxy) is 2. The average Bonchev–Trinajstić information content (AvgIpc) is 2.65. The molecular weight excluding hydrogens is 224 g/mol. The summed E-state index contributed by atoms with van der Waals surface area (Å²) in [5.41, 5.74) is 0. The van der Waals surface area contributed by atoms with Crippen molar-refractivity contribution in [1.82, 2.24) is 10.2 Å². The number of fused-ring (bicyclic) bond motifs is 3. The zero-order valence-corrected chi connectivity index (χ0v) is 9.35. The van der Waals surface area contributed by atoms with Crippen molar-refractivity contribution in [3.63, 3.8) is 0 Å². The highest BCUT2D eigenvalue weighted by Gasteiger charge is 2.49. The van der Waals surface area contributed by atoms with Gasteiger partial charge in [0.1, 0.15) is 0 Å². The Balaban J connectivity index is 1.93. The SMILES string of the molecule is O=C1C=CC(=O)OC2(CNC3CCN2CC3)O1. The van der Waals surface area contributed by atoms with Gasteiger partial charge in [-0.25, -0.2) is 14.5 Å². The van der Waals surface area contributed by atoms with Crippen LogP contribution in [0.3, 0.4) is 0 Å². The summed E-state index contributed by atoms with van der Waals surface area (Å²) in [7, 11) is 0. The van der Waals surface area contributed by atoms with Gasteiger partial charge < -0.3 is 14.8 Å². The number of rotatable bonds is 0. The lowest BCUT2D eigenvalue weighted by Gasteiger charge is -2.39. The normalized spacial score (nSPS) is 35.1. The smallest absolute Gasteiger partial charge is 0.335 e. The van der Waals surface area contributed by atoms with E-state index < -0.39 is 17.8 Å². The number of esters is 2. The molecule has 0 aromatic rings. The fourth-order valence-corrected chi connectivity index (χ4v) is 2.55. The molecule has 0 amide bonds. The summed E-state index contributed by atoms with van der Waals surface area (Å²) in [5.74, 6) is -2.34. The Labute approximate surface area is 98.5 Å². The maximum absolute atomic E-state index is 11.5. The van der Waals surface area contributed by atoms with E-state index >= 15 is 0 Å². The van der Waals surface area contributed by atoms with Crippen LogP contribution in [-0.4, -0.2) is 48.4 Å². The molecule has 1 spiro atoms. The van der Waals surface area contributed by atoms with E-state index in [2.05, 4.69) is 5.32 Å². The van der Waals surface area contributed by atoms with Crippen LogP contribution in [-0.2, 0) is 19.1 Å². The fourth-order valence-electron chi connectivity index (χ4n) is 2.55. The standard InChI is InChI=1S/C11H14N2O4/c14-9-1-2-10(15)17-11(16-9)7-12-8-3-5-13(11)6-4-8/h1-2,8,12H,3-7H2. The van der Waals surface area contributed by atoms with Crippen molar-refractivity contribution in [3.8, 4) is 0 Å².